The van der Waals surface area contributed by atoms with Crippen LogP contribution in [0, 0.1) is 0 Å². The van der Waals surface area contributed by atoms with Gasteiger partial charge in [-0.25, -0.2) is 0 Å². The van der Waals surface area contributed by atoms with Crippen molar-refractivity contribution in [2.75, 3.05) is 7.05 Å². The predicted octanol–water partition coefficient (Wildman–Crippen LogP) is 1.17. The van der Waals surface area contributed by atoms with Gasteiger partial charge in [-0.2, -0.15) is 0 Å². The standard InChI is InChI=1S/C6H13N/c1-5(2)6(3)7-4/h6-7H,1H2,2-4H3/t6-/m0/s1. The Bertz CT molecular complexity index is 66.6. The molecule has 0 radical (unpaired) electrons. The Hall–Kier alpha value is -0.300. The topological polar surface area (TPSA) is 12.0 Å². The minimum absolute atomic E-state index is 0.458. The van der Waals surface area contributed by atoms with Crippen LogP contribution < -0.4 is 5.32 Å². The average molecular weight is 99.2 g/mol. The molecule has 0 aliphatic heterocycles. The van der Waals surface area contributed by atoms with Crippen LogP contribution in [0.5, 0.6) is 0 Å². The van der Waals surface area contributed by atoms with Crippen LogP contribution in [0.2, 0.25) is 0 Å². The third-order valence-corrected chi connectivity index (χ3v) is 1.17. The minimum Gasteiger partial charge on any atom is -0.314 e. The third-order valence-electron chi connectivity index (χ3n) is 1.17. The quantitative estimate of drug-likeness (QED) is 0.512. The largest absolute Gasteiger partial charge is 0.314 e. The smallest absolute Gasteiger partial charge is 0.0242 e. The Morgan fingerprint density at radius 2 is 2.14 bits per heavy atom. The second-order valence-electron chi connectivity index (χ2n) is 1.86. The molecule has 0 bridgehead atoms. The van der Waals surface area contributed by atoms with Crippen molar-refractivity contribution in [3.8, 4) is 0 Å². The molecule has 0 spiro atoms. The maximum Gasteiger partial charge on any atom is 0.0242 e. The van der Waals surface area contributed by atoms with Crippen LogP contribution in [-0.4, -0.2) is 13.1 Å². The highest BCUT2D eigenvalue weighted by atomic mass is 14.8. The Balaban J connectivity index is 3.34. The summed E-state index contributed by atoms with van der Waals surface area (Å²) in [5.74, 6) is 0. The molecule has 0 unspecified atom stereocenters. The second kappa shape index (κ2) is 2.80. The van der Waals surface area contributed by atoms with Crippen molar-refractivity contribution in [1.82, 2.24) is 5.32 Å². The van der Waals surface area contributed by atoms with Gasteiger partial charge in [-0.15, -0.1) is 0 Å². The first kappa shape index (κ1) is 6.70. The van der Waals surface area contributed by atoms with Gasteiger partial charge in [0.25, 0.3) is 0 Å². The molecule has 0 amide bonds. The fraction of sp³-hybridized carbons (Fsp3) is 0.667. The van der Waals surface area contributed by atoms with E-state index in [1.165, 1.54) is 5.57 Å². The summed E-state index contributed by atoms with van der Waals surface area (Å²) in [5.41, 5.74) is 1.18. The first-order chi connectivity index (χ1) is 3.18. The molecule has 1 heteroatoms. The van der Waals surface area contributed by atoms with E-state index in [-0.39, 0.29) is 0 Å². The lowest BCUT2D eigenvalue weighted by atomic mass is 10.2. The third kappa shape index (κ3) is 2.40. The van der Waals surface area contributed by atoms with Crippen LogP contribution in [0.1, 0.15) is 13.8 Å². The van der Waals surface area contributed by atoms with Gasteiger partial charge in [0.05, 0.1) is 0 Å². The molecule has 1 nitrogen and oxygen atoms in total. The van der Waals surface area contributed by atoms with Gasteiger partial charge in [0, 0.05) is 6.04 Å². The molecule has 42 valence electrons. The van der Waals surface area contributed by atoms with E-state index in [0.717, 1.165) is 0 Å². The van der Waals surface area contributed by atoms with Crippen molar-refractivity contribution >= 4 is 0 Å². The Morgan fingerprint density at radius 1 is 1.71 bits per heavy atom. The first-order valence-corrected chi connectivity index (χ1v) is 2.51. The zero-order valence-electron chi connectivity index (χ0n) is 5.28. The molecular formula is C6H13N. The highest BCUT2D eigenvalue weighted by Crippen LogP contribution is 1.92. The normalized spacial score (nSPS) is 13.6. The van der Waals surface area contributed by atoms with Crippen molar-refractivity contribution in [2.45, 2.75) is 19.9 Å². The van der Waals surface area contributed by atoms with E-state index >= 15 is 0 Å². The fourth-order valence-electron chi connectivity index (χ4n) is 0.246. The lowest BCUT2D eigenvalue weighted by molar-refractivity contribution is 0.694. The molecule has 0 aromatic carbocycles. The number of hydrogen-bond donors (Lipinski definition) is 1. The monoisotopic (exact) mass is 99.1 g/mol. The molecular weight excluding hydrogens is 86.1 g/mol. The van der Waals surface area contributed by atoms with E-state index < -0.39 is 0 Å². The van der Waals surface area contributed by atoms with E-state index in [1.54, 1.807) is 0 Å². The maximum atomic E-state index is 3.76. The molecule has 0 rings (SSSR count). The Labute approximate surface area is 45.4 Å². The van der Waals surface area contributed by atoms with Crippen molar-refractivity contribution in [3.63, 3.8) is 0 Å². The van der Waals surface area contributed by atoms with E-state index in [0.29, 0.717) is 6.04 Å². The summed E-state index contributed by atoms with van der Waals surface area (Å²) in [6.07, 6.45) is 0. The molecule has 1 N–H and O–H groups in total. The van der Waals surface area contributed by atoms with Gasteiger partial charge in [0.2, 0.25) is 0 Å². The summed E-state index contributed by atoms with van der Waals surface area (Å²) in [4.78, 5) is 0. The molecule has 0 heterocycles. The molecule has 0 aromatic rings. The molecule has 0 aromatic heterocycles. The van der Waals surface area contributed by atoms with Crippen LogP contribution in [-0.2, 0) is 0 Å². The van der Waals surface area contributed by atoms with Gasteiger partial charge in [0.1, 0.15) is 0 Å². The molecule has 7 heavy (non-hydrogen) atoms. The Morgan fingerprint density at radius 3 is 2.14 bits per heavy atom. The van der Waals surface area contributed by atoms with Gasteiger partial charge in [-0.05, 0) is 20.9 Å². The molecule has 1 atom stereocenters. The van der Waals surface area contributed by atoms with Crippen LogP contribution >= 0.6 is 0 Å². The van der Waals surface area contributed by atoms with Crippen molar-refractivity contribution in [3.05, 3.63) is 12.2 Å². The van der Waals surface area contributed by atoms with E-state index in [9.17, 15) is 0 Å². The average Bonchev–Trinajstić information content (AvgIpc) is 1.65. The molecule has 0 fully saturated rings. The zero-order chi connectivity index (χ0) is 5.86. The van der Waals surface area contributed by atoms with Gasteiger partial charge in [-0.1, -0.05) is 12.2 Å². The molecule has 0 aliphatic rings. The lowest BCUT2D eigenvalue weighted by Gasteiger charge is -2.06. The Kier molecular flexibility index (Phi) is 2.68. The predicted molar refractivity (Wildman–Crippen MR) is 33.3 cm³/mol. The van der Waals surface area contributed by atoms with E-state index in [2.05, 4.69) is 18.8 Å². The summed E-state index contributed by atoms with van der Waals surface area (Å²) in [6.45, 7) is 7.86. The summed E-state index contributed by atoms with van der Waals surface area (Å²) in [6, 6.07) is 0.458. The van der Waals surface area contributed by atoms with Crippen LogP contribution in [0.15, 0.2) is 12.2 Å². The van der Waals surface area contributed by atoms with Crippen LogP contribution in [0.3, 0.4) is 0 Å². The minimum atomic E-state index is 0.458. The van der Waals surface area contributed by atoms with Gasteiger partial charge < -0.3 is 5.32 Å². The first-order valence-electron chi connectivity index (χ1n) is 2.51. The van der Waals surface area contributed by atoms with Gasteiger partial charge >= 0.3 is 0 Å². The zero-order valence-corrected chi connectivity index (χ0v) is 5.28. The highest BCUT2D eigenvalue weighted by Gasteiger charge is 1.93. The number of hydrogen-bond acceptors (Lipinski definition) is 1. The van der Waals surface area contributed by atoms with Gasteiger partial charge in [0.15, 0.2) is 0 Å². The number of nitrogens with one attached hydrogen (secondary N) is 1. The summed E-state index contributed by atoms with van der Waals surface area (Å²) >= 11 is 0. The van der Waals surface area contributed by atoms with Gasteiger partial charge in [-0.3, -0.25) is 0 Å². The number of likely N-dealkylation sites (N-methyl/N-ethyl adjacent to an activating group) is 1. The molecule has 0 aliphatic carbocycles. The maximum absolute atomic E-state index is 3.76. The summed E-state index contributed by atoms with van der Waals surface area (Å²) in [7, 11) is 1.93. The van der Waals surface area contributed by atoms with Crippen molar-refractivity contribution in [2.24, 2.45) is 0 Å². The van der Waals surface area contributed by atoms with Crippen LogP contribution in [0.25, 0.3) is 0 Å². The number of rotatable bonds is 2. The van der Waals surface area contributed by atoms with Crippen molar-refractivity contribution < 1.29 is 0 Å². The second-order valence-corrected chi connectivity index (χ2v) is 1.86. The summed E-state index contributed by atoms with van der Waals surface area (Å²) in [5, 5.41) is 3.06. The molecule has 0 saturated carbocycles. The summed E-state index contributed by atoms with van der Waals surface area (Å²) < 4.78 is 0. The van der Waals surface area contributed by atoms with E-state index in [4.69, 9.17) is 0 Å². The lowest BCUT2D eigenvalue weighted by Crippen LogP contribution is -2.21. The molecule has 0 saturated heterocycles. The van der Waals surface area contributed by atoms with Crippen LogP contribution in [0.4, 0.5) is 0 Å². The fourth-order valence-corrected chi connectivity index (χ4v) is 0.246. The highest BCUT2D eigenvalue weighted by molar-refractivity contribution is 4.97. The van der Waals surface area contributed by atoms with Crippen molar-refractivity contribution in [1.29, 1.82) is 0 Å². The SMILES string of the molecule is C=C(C)[C@H](C)NC. The van der Waals surface area contributed by atoms with E-state index in [1.807, 2.05) is 14.0 Å².